The monoisotopic (exact) mass is 302 g/mol. The van der Waals surface area contributed by atoms with Crippen LogP contribution in [0.25, 0.3) is 0 Å². The molecule has 0 spiro atoms. The maximum absolute atomic E-state index is 11.7. The number of nitrogens with one attached hydrogen (secondary N) is 2. The van der Waals surface area contributed by atoms with E-state index in [0.29, 0.717) is 11.3 Å². The van der Waals surface area contributed by atoms with Crippen molar-refractivity contribution in [3.63, 3.8) is 0 Å². The number of benzene rings is 2. The Bertz CT molecular complexity index is 793. The van der Waals surface area contributed by atoms with Gasteiger partial charge in [0.05, 0.1) is 17.3 Å². The van der Waals surface area contributed by atoms with Gasteiger partial charge in [-0.05, 0) is 49.5 Å². The van der Waals surface area contributed by atoms with E-state index < -0.39 is 10.0 Å². The summed E-state index contributed by atoms with van der Waals surface area (Å²) in [5.41, 5.74) is 7.94. The fraction of sp³-hybridized carbons (Fsp3) is 0.0714. The number of nitriles is 1. The number of sulfonamides is 1. The first-order chi connectivity index (χ1) is 9.96. The summed E-state index contributed by atoms with van der Waals surface area (Å²) in [6.07, 6.45) is 0. The third-order valence-corrected chi connectivity index (χ3v) is 4.36. The molecule has 2 aromatic carbocycles. The fourth-order valence-corrected chi connectivity index (χ4v) is 2.61. The van der Waals surface area contributed by atoms with Crippen molar-refractivity contribution in [2.75, 3.05) is 18.1 Å². The van der Waals surface area contributed by atoms with E-state index in [1.165, 1.54) is 13.1 Å². The summed E-state index contributed by atoms with van der Waals surface area (Å²) in [4.78, 5) is 0.0374. The number of rotatable bonds is 4. The van der Waals surface area contributed by atoms with Crippen molar-refractivity contribution in [2.24, 2.45) is 0 Å². The number of nitrogens with zero attached hydrogens (tertiary/aromatic N) is 1. The van der Waals surface area contributed by atoms with Crippen LogP contribution in [0.2, 0.25) is 0 Å². The third-order valence-electron chi connectivity index (χ3n) is 2.87. The first-order valence-corrected chi connectivity index (χ1v) is 7.55. The maximum Gasteiger partial charge on any atom is 0.242 e. The molecule has 0 fully saturated rings. The molecule has 2 rings (SSSR count). The van der Waals surface area contributed by atoms with Crippen molar-refractivity contribution in [2.45, 2.75) is 4.90 Å². The molecule has 0 atom stereocenters. The minimum absolute atomic E-state index is 0.0374. The number of anilines is 3. The molecule has 0 saturated carbocycles. The molecule has 108 valence electrons. The third kappa shape index (κ3) is 3.31. The molecule has 0 aliphatic carbocycles. The Hall–Kier alpha value is -2.56. The molecule has 0 amide bonds. The van der Waals surface area contributed by atoms with E-state index in [2.05, 4.69) is 10.0 Å². The van der Waals surface area contributed by atoms with Crippen molar-refractivity contribution in [1.82, 2.24) is 4.72 Å². The largest absolute Gasteiger partial charge is 0.398 e. The van der Waals surface area contributed by atoms with Gasteiger partial charge in [-0.3, -0.25) is 0 Å². The van der Waals surface area contributed by atoms with Crippen LogP contribution in [0.4, 0.5) is 17.1 Å². The van der Waals surface area contributed by atoms with Crippen LogP contribution in [-0.2, 0) is 10.0 Å². The van der Waals surface area contributed by atoms with Gasteiger partial charge in [-0.1, -0.05) is 0 Å². The molecule has 0 bridgehead atoms. The van der Waals surface area contributed by atoms with E-state index in [0.717, 1.165) is 5.69 Å². The van der Waals surface area contributed by atoms with Crippen LogP contribution in [0.3, 0.4) is 0 Å². The van der Waals surface area contributed by atoms with Crippen LogP contribution in [0.1, 0.15) is 5.56 Å². The molecule has 2 aromatic rings. The Morgan fingerprint density at radius 2 is 1.71 bits per heavy atom. The summed E-state index contributed by atoms with van der Waals surface area (Å²) < 4.78 is 25.7. The molecule has 0 aliphatic rings. The van der Waals surface area contributed by atoms with Crippen LogP contribution < -0.4 is 15.8 Å². The topological polar surface area (TPSA) is 108 Å². The summed E-state index contributed by atoms with van der Waals surface area (Å²) in [5, 5.41) is 11.8. The molecule has 0 heterocycles. The molecule has 7 heteroatoms. The zero-order valence-electron chi connectivity index (χ0n) is 11.3. The van der Waals surface area contributed by atoms with Crippen LogP contribution in [0.15, 0.2) is 47.4 Å². The lowest BCUT2D eigenvalue weighted by Crippen LogP contribution is -2.19. The Morgan fingerprint density at radius 1 is 1.10 bits per heavy atom. The van der Waals surface area contributed by atoms with Crippen LogP contribution in [-0.4, -0.2) is 15.5 Å². The molecule has 0 aliphatic heterocycles. The van der Waals surface area contributed by atoms with Gasteiger partial charge in [-0.2, -0.15) is 5.26 Å². The van der Waals surface area contributed by atoms with Gasteiger partial charge in [0.2, 0.25) is 10.0 Å². The number of hydrogen-bond donors (Lipinski definition) is 3. The first kappa shape index (κ1) is 14.8. The smallest absolute Gasteiger partial charge is 0.242 e. The van der Waals surface area contributed by atoms with E-state index in [1.54, 1.807) is 36.4 Å². The molecule has 0 radical (unpaired) electrons. The molecule has 21 heavy (non-hydrogen) atoms. The summed E-state index contributed by atoms with van der Waals surface area (Å²) in [6, 6.07) is 13.5. The minimum Gasteiger partial charge on any atom is -0.398 e. The van der Waals surface area contributed by atoms with Crippen molar-refractivity contribution in [1.29, 1.82) is 5.26 Å². The predicted molar refractivity (Wildman–Crippen MR) is 81.5 cm³/mol. The minimum atomic E-state index is -3.57. The van der Waals surface area contributed by atoms with Crippen molar-refractivity contribution in [3.05, 3.63) is 48.0 Å². The molecule has 0 saturated heterocycles. The van der Waals surface area contributed by atoms with Gasteiger partial charge in [-0.15, -0.1) is 0 Å². The van der Waals surface area contributed by atoms with Gasteiger partial charge in [0.1, 0.15) is 4.90 Å². The van der Waals surface area contributed by atoms with Gasteiger partial charge >= 0.3 is 0 Å². The summed E-state index contributed by atoms with van der Waals surface area (Å²) in [5.74, 6) is 0. The molecular weight excluding hydrogens is 288 g/mol. The normalized spacial score (nSPS) is 10.9. The van der Waals surface area contributed by atoms with Gasteiger partial charge < -0.3 is 11.1 Å². The Labute approximate surface area is 123 Å². The number of nitrogens with two attached hydrogens (primary N) is 1. The molecule has 0 aromatic heterocycles. The molecule has 4 N–H and O–H groups in total. The van der Waals surface area contributed by atoms with E-state index in [9.17, 15) is 8.42 Å². The lowest BCUT2D eigenvalue weighted by atomic mass is 10.2. The molecular formula is C14H14N4O2S. The summed E-state index contributed by atoms with van der Waals surface area (Å²) in [6.45, 7) is 0. The maximum atomic E-state index is 11.7. The van der Waals surface area contributed by atoms with E-state index >= 15 is 0 Å². The second kappa shape index (κ2) is 5.83. The zero-order valence-corrected chi connectivity index (χ0v) is 12.1. The standard InChI is InChI=1S/C14H14N4O2S/c1-17-21(19,20)14-7-6-12(8-13(14)16)18-11-4-2-10(9-15)3-5-11/h2-8,17-18H,16H2,1H3. The van der Waals surface area contributed by atoms with Crippen molar-refractivity contribution >= 4 is 27.1 Å². The highest BCUT2D eigenvalue weighted by atomic mass is 32.2. The Kier molecular flexibility index (Phi) is 4.12. The molecule has 0 unspecified atom stereocenters. The summed E-state index contributed by atoms with van der Waals surface area (Å²) >= 11 is 0. The Balaban J connectivity index is 2.26. The van der Waals surface area contributed by atoms with E-state index in [1.807, 2.05) is 6.07 Å². The van der Waals surface area contributed by atoms with Gasteiger partial charge in [0.25, 0.3) is 0 Å². The highest BCUT2D eigenvalue weighted by molar-refractivity contribution is 7.89. The van der Waals surface area contributed by atoms with Crippen LogP contribution in [0, 0.1) is 11.3 Å². The van der Waals surface area contributed by atoms with Gasteiger partial charge in [0, 0.05) is 11.4 Å². The molecule has 6 nitrogen and oxygen atoms in total. The lowest BCUT2D eigenvalue weighted by Gasteiger charge is -2.10. The van der Waals surface area contributed by atoms with Gasteiger partial charge in [0.15, 0.2) is 0 Å². The van der Waals surface area contributed by atoms with Crippen molar-refractivity contribution < 1.29 is 8.42 Å². The highest BCUT2D eigenvalue weighted by Gasteiger charge is 2.15. The zero-order chi connectivity index (χ0) is 15.5. The Morgan fingerprint density at radius 3 is 2.24 bits per heavy atom. The first-order valence-electron chi connectivity index (χ1n) is 6.06. The van der Waals surface area contributed by atoms with E-state index in [4.69, 9.17) is 11.0 Å². The summed E-state index contributed by atoms with van der Waals surface area (Å²) in [7, 11) is -2.24. The fourth-order valence-electron chi connectivity index (χ4n) is 1.78. The second-order valence-corrected chi connectivity index (χ2v) is 6.13. The quantitative estimate of drug-likeness (QED) is 0.746. The van der Waals surface area contributed by atoms with E-state index in [-0.39, 0.29) is 10.6 Å². The second-order valence-electron chi connectivity index (χ2n) is 4.27. The highest BCUT2D eigenvalue weighted by Crippen LogP contribution is 2.24. The number of hydrogen-bond acceptors (Lipinski definition) is 5. The number of nitrogen functional groups attached to an aromatic ring is 1. The predicted octanol–water partition coefficient (Wildman–Crippen LogP) is 1.79. The lowest BCUT2D eigenvalue weighted by molar-refractivity contribution is 0.588. The van der Waals surface area contributed by atoms with Gasteiger partial charge in [-0.25, -0.2) is 13.1 Å². The van der Waals surface area contributed by atoms with Crippen LogP contribution >= 0.6 is 0 Å². The SMILES string of the molecule is CNS(=O)(=O)c1ccc(Nc2ccc(C#N)cc2)cc1N. The average Bonchev–Trinajstić information content (AvgIpc) is 2.48. The van der Waals surface area contributed by atoms with Crippen LogP contribution in [0.5, 0.6) is 0 Å². The average molecular weight is 302 g/mol. The van der Waals surface area contributed by atoms with Crippen molar-refractivity contribution in [3.8, 4) is 6.07 Å².